The average Bonchev–Trinajstić information content (AvgIpc) is 3.57. The van der Waals surface area contributed by atoms with Crippen LogP contribution in [0.3, 0.4) is 0 Å². The number of pyridine rings is 2. The van der Waals surface area contributed by atoms with E-state index in [1.165, 1.54) is 6.20 Å². The fourth-order valence-corrected chi connectivity index (χ4v) is 5.23. The number of rotatable bonds is 6. The van der Waals surface area contributed by atoms with Crippen molar-refractivity contribution >= 4 is 33.5 Å². The number of ether oxygens (including phenoxy) is 1. The minimum Gasteiger partial charge on any atom is -0.477 e. The van der Waals surface area contributed by atoms with Gasteiger partial charge in [-0.15, -0.1) is 0 Å². The number of carbonyl (C=O) groups is 1. The molecule has 1 fully saturated rings. The molecule has 2 N–H and O–H groups in total. The molecule has 1 saturated heterocycles. The third-order valence-corrected chi connectivity index (χ3v) is 7.18. The highest BCUT2D eigenvalue weighted by atomic mass is 19.1. The highest BCUT2D eigenvalue weighted by Crippen LogP contribution is 2.32. The highest BCUT2D eigenvalue weighted by molar-refractivity contribution is 5.94. The smallest absolute Gasteiger partial charge is 0.341 e. The standard InChI is InChI=1S/C29H25FN4O4/c1-17-4-2-9-32-28(17)38-16-20-5-3-11-33(20)26-14-25-21(13-23(26)30)27(35)22(29(36)37)15-34(25)19-6-7-24-18(12-19)8-10-31-24/h2,4,6-10,12-15,20,31H,3,5,11,16H2,1H3,(H,36,37)/t20-/m1/s1. The number of nitrogens with one attached hydrogen (secondary N) is 1. The Labute approximate surface area is 216 Å². The largest absolute Gasteiger partial charge is 0.477 e. The van der Waals surface area contributed by atoms with Gasteiger partial charge in [0.15, 0.2) is 0 Å². The third-order valence-electron chi connectivity index (χ3n) is 7.18. The van der Waals surface area contributed by atoms with E-state index in [1.54, 1.807) is 16.8 Å². The van der Waals surface area contributed by atoms with Crippen molar-refractivity contribution in [1.29, 1.82) is 0 Å². The number of hydrogen-bond donors (Lipinski definition) is 2. The first-order chi connectivity index (χ1) is 18.4. The van der Waals surface area contributed by atoms with E-state index in [4.69, 9.17) is 4.74 Å². The number of aromatic carboxylic acids is 1. The number of halogens is 1. The van der Waals surface area contributed by atoms with Gasteiger partial charge in [-0.3, -0.25) is 4.79 Å². The number of nitrogens with zero attached hydrogens (tertiary/aromatic N) is 3. The lowest BCUT2D eigenvalue weighted by Crippen LogP contribution is -2.35. The number of fused-ring (bicyclic) bond motifs is 2. The zero-order valence-electron chi connectivity index (χ0n) is 20.6. The Morgan fingerprint density at radius 2 is 2.11 bits per heavy atom. The molecule has 0 bridgehead atoms. The summed E-state index contributed by atoms with van der Waals surface area (Å²) in [4.78, 5) is 34.3. The van der Waals surface area contributed by atoms with Gasteiger partial charge >= 0.3 is 5.97 Å². The first-order valence-electron chi connectivity index (χ1n) is 12.4. The highest BCUT2D eigenvalue weighted by Gasteiger charge is 2.29. The summed E-state index contributed by atoms with van der Waals surface area (Å²) in [6.45, 7) is 2.89. The SMILES string of the molecule is Cc1cccnc1OC[C@H]1CCCN1c1cc2c(cc1F)c(=O)c(C(=O)O)cn2-c1ccc2[nH]ccc2c1. The molecule has 4 heterocycles. The first-order valence-corrected chi connectivity index (χ1v) is 12.4. The lowest BCUT2D eigenvalue weighted by atomic mass is 10.1. The van der Waals surface area contributed by atoms with Crippen LogP contribution in [0.4, 0.5) is 10.1 Å². The van der Waals surface area contributed by atoms with Gasteiger partial charge in [0.2, 0.25) is 11.3 Å². The Kier molecular flexibility index (Phi) is 5.83. The molecule has 0 amide bonds. The molecule has 9 heteroatoms. The van der Waals surface area contributed by atoms with E-state index < -0.39 is 22.8 Å². The Bertz CT molecular complexity index is 1760. The molecular weight excluding hydrogens is 487 g/mol. The maximum atomic E-state index is 15.6. The van der Waals surface area contributed by atoms with Crippen molar-refractivity contribution in [3.63, 3.8) is 0 Å². The topological polar surface area (TPSA) is 100 Å². The Morgan fingerprint density at radius 3 is 2.92 bits per heavy atom. The molecule has 0 unspecified atom stereocenters. The average molecular weight is 513 g/mol. The Balaban J connectivity index is 1.46. The number of aryl methyl sites for hydroxylation is 1. The van der Waals surface area contributed by atoms with E-state index in [2.05, 4.69) is 9.97 Å². The van der Waals surface area contributed by atoms with Crippen LogP contribution in [0.1, 0.15) is 28.8 Å². The molecule has 1 aliphatic heterocycles. The molecule has 1 aliphatic rings. The molecular formula is C29H25FN4O4. The predicted molar refractivity (Wildman–Crippen MR) is 143 cm³/mol. The predicted octanol–water partition coefficient (Wildman–Crippen LogP) is 5.06. The molecule has 3 aromatic heterocycles. The van der Waals surface area contributed by atoms with E-state index in [0.29, 0.717) is 35.9 Å². The van der Waals surface area contributed by atoms with Crippen molar-refractivity contribution in [2.45, 2.75) is 25.8 Å². The van der Waals surface area contributed by atoms with Crippen LogP contribution in [-0.2, 0) is 0 Å². The molecule has 8 nitrogen and oxygen atoms in total. The molecule has 0 radical (unpaired) electrons. The van der Waals surface area contributed by atoms with Gasteiger partial charge in [0.1, 0.15) is 18.0 Å². The van der Waals surface area contributed by atoms with Crippen LogP contribution in [0.15, 0.2) is 71.9 Å². The summed E-state index contributed by atoms with van der Waals surface area (Å²) < 4.78 is 23.2. The molecule has 1 atom stereocenters. The van der Waals surface area contributed by atoms with Crippen molar-refractivity contribution in [3.05, 3.63) is 94.3 Å². The zero-order chi connectivity index (χ0) is 26.4. The number of aromatic nitrogens is 3. The summed E-state index contributed by atoms with van der Waals surface area (Å²) >= 11 is 0. The normalized spacial score (nSPS) is 15.4. The number of anilines is 1. The molecule has 192 valence electrons. The number of carboxylic acids is 1. The third kappa shape index (κ3) is 4.06. The molecule has 38 heavy (non-hydrogen) atoms. The van der Waals surface area contributed by atoms with Gasteiger partial charge in [-0.05, 0) is 62.2 Å². The van der Waals surface area contributed by atoms with Gasteiger partial charge in [-0.1, -0.05) is 6.07 Å². The van der Waals surface area contributed by atoms with E-state index in [-0.39, 0.29) is 11.4 Å². The molecule has 5 aromatic rings. The molecule has 6 rings (SSSR count). The van der Waals surface area contributed by atoms with E-state index in [1.807, 2.05) is 54.4 Å². The quantitative estimate of drug-likeness (QED) is 0.330. The van der Waals surface area contributed by atoms with Gasteiger partial charge in [0.05, 0.1) is 17.2 Å². The van der Waals surface area contributed by atoms with Crippen LogP contribution < -0.4 is 15.1 Å². The fraction of sp³-hybridized carbons (Fsp3) is 0.207. The molecule has 0 aliphatic carbocycles. The Morgan fingerprint density at radius 1 is 1.24 bits per heavy atom. The zero-order valence-corrected chi connectivity index (χ0v) is 20.6. The van der Waals surface area contributed by atoms with Crippen molar-refractivity contribution in [1.82, 2.24) is 14.5 Å². The van der Waals surface area contributed by atoms with Crippen molar-refractivity contribution in [2.24, 2.45) is 0 Å². The fourth-order valence-electron chi connectivity index (χ4n) is 5.23. The molecule has 0 saturated carbocycles. The van der Waals surface area contributed by atoms with Crippen molar-refractivity contribution in [2.75, 3.05) is 18.1 Å². The summed E-state index contributed by atoms with van der Waals surface area (Å²) in [5.41, 5.74) is 2.15. The summed E-state index contributed by atoms with van der Waals surface area (Å²) in [5.74, 6) is -1.39. The van der Waals surface area contributed by atoms with E-state index in [9.17, 15) is 14.7 Å². The van der Waals surface area contributed by atoms with Gasteiger partial charge in [-0.2, -0.15) is 0 Å². The molecule has 0 spiro atoms. The summed E-state index contributed by atoms with van der Waals surface area (Å²) in [5, 5.41) is 10.6. The second-order valence-corrected chi connectivity index (χ2v) is 9.54. The lowest BCUT2D eigenvalue weighted by Gasteiger charge is -2.28. The van der Waals surface area contributed by atoms with Crippen LogP contribution in [0.2, 0.25) is 0 Å². The minimum absolute atomic E-state index is 0.0106. The van der Waals surface area contributed by atoms with Gasteiger partial charge in [-0.25, -0.2) is 14.2 Å². The minimum atomic E-state index is -1.36. The van der Waals surface area contributed by atoms with E-state index >= 15 is 4.39 Å². The van der Waals surface area contributed by atoms with E-state index in [0.717, 1.165) is 35.4 Å². The van der Waals surface area contributed by atoms with Gasteiger partial charge < -0.3 is 24.3 Å². The second-order valence-electron chi connectivity index (χ2n) is 9.54. The second kappa shape index (κ2) is 9.33. The summed E-state index contributed by atoms with van der Waals surface area (Å²) in [6.07, 6.45) is 6.49. The number of aromatic amines is 1. The number of H-pyrrole nitrogens is 1. The monoisotopic (exact) mass is 512 g/mol. The van der Waals surface area contributed by atoms with Crippen molar-refractivity contribution < 1.29 is 19.0 Å². The summed E-state index contributed by atoms with van der Waals surface area (Å²) in [6, 6.07) is 14.0. The van der Waals surface area contributed by atoms with Crippen LogP contribution in [-0.4, -0.2) is 44.8 Å². The van der Waals surface area contributed by atoms with Gasteiger partial charge in [0.25, 0.3) is 0 Å². The van der Waals surface area contributed by atoms with Gasteiger partial charge in [0, 0.05) is 52.7 Å². The number of benzene rings is 2. The van der Waals surface area contributed by atoms with Crippen LogP contribution in [0.25, 0.3) is 27.5 Å². The first kappa shape index (κ1) is 23.7. The van der Waals surface area contributed by atoms with Crippen molar-refractivity contribution in [3.8, 4) is 11.6 Å². The number of carboxylic acid groups (broad SMARTS) is 1. The maximum Gasteiger partial charge on any atom is 0.341 e. The summed E-state index contributed by atoms with van der Waals surface area (Å²) in [7, 11) is 0. The lowest BCUT2D eigenvalue weighted by molar-refractivity contribution is 0.0695. The Hall–Kier alpha value is -4.66. The van der Waals surface area contributed by atoms with Crippen LogP contribution in [0.5, 0.6) is 5.88 Å². The maximum absolute atomic E-state index is 15.6. The van der Waals surface area contributed by atoms with Crippen LogP contribution >= 0.6 is 0 Å². The molecule has 2 aromatic carbocycles. The van der Waals surface area contributed by atoms with Crippen LogP contribution in [0, 0.1) is 12.7 Å². The number of hydrogen-bond acceptors (Lipinski definition) is 5.